The van der Waals surface area contributed by atoms with Crippen molar-refractivity contribution in [2.75, 3.05) is 5.32 Å². The summed E-state index contributed by atoms with van der Waals surface area (Å²) in [5, 5.41) is 25.9. The van der Waals surface area contributed by atoms with Crippen molar-refractivity contribution in [3.8, 4) is 0 Å². The number of anilines is 1. The Morgan fingerprint density at radius 2 is 2.14 bits per heavy atom. The summed E-state index contributed by atoms with van der Waals surface area (Å²) in [6, 6.07) is 1.80. The minimum absolute atomic E-state index is 0.168. The molecule has 0 fully saturated rings. The summed E-state index contributed by atoms with van der Waals surface area (Å²) in [6.45, 7) is 1.53. The van der Waals surface area contributed by atoms with E-state index in [4.69, 9.17) is 0 Å². The Morgan fingerprint density at radius 1 is 1.43 bits per heavy atom. The monoisotopic (exact) mass is 302 g/mol. The van der Waals surface area contributed by atoms with Gasteiger partial charge >= 0.3 is 6.18 Å². The van der Waals surface area contributed by atoms with Gasteiger partial charge in [-0.25, -0.2) is 0 Å². The van der Waals surface area contributed by atoms with Crippen LogP contribution in [0.4, 0.5) is 24.5 Å². The molecule has 1 aromatic carbocycles. The molecular formula is C10H9F3N6O2. The number of hydrogen-bond acceptors (Lipinski definition) is 6. The number of tetrazole rings is 1. The van der Waals surface area contributed by atoms with Crippen LogP contribution in [-0.4, -0.2) is 25.5 Å². The van der Waals surface area contributed by atoms with Crippen molar-refractivity contribution in [3.05, 3.63) is 39.7 Å². The largest absolute Gasteiger partial charge is 0.418 e. The predicted octanol–water partition coefficient (Wildman–Crippen LogP) is 2.30. The van der Waals surface area contributed by atoms with Crippen LogP contribution in [0.25, 0.3) is 0 Å². The highest BCUT2D eigenvalue weighted by molar-refractivity contribution is 5.58. The second-order valence-corrected chi connectivity index (χ2v) is 4.12. The summed E-state index contributed by atoms with van der Waals surface area (Å²) in [5.41, 5.74) is -2.07. The molecule has 2 aromatic rings. The highest BCUT2D eigenvalue weighted by Gasteiger charge is 2.35. The molecule has 0 aliphatic rings. The van der Waals surface area contributed by atoms with Crippen LogP contribution in [0.5, 0.6) is 0 Å². The lowest BCUT2D eigenvalue weighted by Crippen LogP contribution is -2.14. The van der Waals surface area contributed by atoms with E-state index in [1.807, 2.05) is 0 Å². The number of nitrogens with zero attached hydrogens (tertiary/aromatic N) is 4. The van der Waals surface area contributed by atoms with Crippen LogP contribution in [-0.2, 0) is 6.18 Å². The summed E-state index contributed by atoms with van der Waals surface area (Å²) < 4.78 is 38.9. The molecule has 1 heterocycles. The first-order valence-corrected chi connectivity index (χ1v) is 5.64. The standard InChI is InChI=1S/C10H9F3N6O2/c1-5(9-15-17-18-16-9)14-8-3-2-6(19(20)21)4-7(8)10(11,12)13/h2-5,14H,1H3,(H,15,16,17,18). The van der Waals surface area contributed by atoms with Gasteiger partial charge in [0.05, 0.1) is 16.5 Å². The van der Waals surface area contributed by atoms with E-state index in [0.717, 1.165) is 12.1 Å². The van der Waals surface area contributed by atoms with Gasteiger partial charge in [-0.05, 0) is 13.0 Å². The van der Waals surface area contributed by atoms with Crippen molar-refractivity contribution in [1.82, 2.24) is 20.6 Å². The third kappa shape index (κ3) is 3.24. The average Bonchev–Trinajstić information content (AvgIpc) is 2.91. The van der Waals surface area contributed by atoms with E-state index in [0.29, 0.717) is 6.07 Å². The molecule has 1 aromatic heterocycles. The van der Waals surface area contributed by atoms with Crippen LogP contribution in [0.2, 0.25) is 0 Å². The first kappa shape index (κ1) is 14.7. The number of aromatic nitrogens is 4. The number of hydrogen-bond donors (Lipinski definition) is 2. The number of H-pyrrole nitrogens is 1. The van der Waals surface area contributed by atoms with Crippen LogP contribution in [0.1, 0.15) is 24.4 Å². The quantitative estimate of drug-likeness (QED) is 0.662. The first-order valence-electron chi connectivity index (χ1n) is 5.64. The maximum atomic E-state index is 13.0. The zero-order valence-corrected chi connectivity index (χ0v) is 10.5. The molecule has 0 aliphatic heterocycles. The lowest BCUT2D eigenvalue weighted by molar-refractivity contribution is -0.385. The van der Waals surface area contributed by atoms with Crippen LogP contribution in [0.3, 0.4) is 0 Å². The molecule has 0 aliphatic carbocycles. The van der Waals surface area contributed by atoms with E-state index in [-0.39, 0.29) is 11.5 Å². The molecule has 0 spiro atoms. The summed E-state index contributed by atoms with van der Waals surface area (Å²) in [5.74, 6) is 0.168. The molecule has 8 nitrogen and oxygen atoms in total. The maximum Gasteiger partial charge on any atom is 0.418 e. The highest BCUT2D eigenvalue weighted by Crippen LogP contribution is 2.38. The van der Waals surface area contributed by atoms with Gasteiger partial charge in [0.2, 0.25) is 0 Å². The van der Waals surface area contributed by atoms with Crippen LogP contribution >= 0.6 is 0 Å². The third-order valence-electron chi connectivity index (χ3n) is 2.64. The zero-order valence-electron chi connectivity index (χ0n) is 10.5. The SMILES string of the molecule is CC(Nc1ccc([N+](=O)[O-])cc1C(F)(F)F)c1nn[nH]n1. The second kappa shape index (κ2) is 5.34. The van der Waals surface area contributed by atoms with Gasteiger partial charge in [-0.2, -0.15) is 18.4 Å². The Hall–Kier alpha value is -2.72. The molecule has 0 saturated heterocycles. The average molecular weight is 302 g/mol. The van der Waals surface area contributed by atoms with Crippen LogP contribution in [0.15, 0.2) is 18.2 Å². The third-order valence-corrected chi connectivity index (χ3v) is 2.64. The normalized spacial score (nSPS) is 13.0. The molecule has 11 heteroatoms. The molecule has 0 saturated carbocycles. The number of alkyl halides is 3. The Kier molecular flexibility index (Phi) is 3.74. The van der Waals surface area contributed by atoms with Gasteiger partial charge in [-0.1, -0.05) is 5.21 Å². The van der Waals surface area contributed by atoms with Gasteiger partial charge in [0, 0.05) is 17.8 Å². The number of nitro groups is 1. The number of rotatable bonds is 4. The topological polar surface area (TPSA) is 110 Å². The Morgan fingerprint density at radius 3 is 2.67 bits per heavy atom. The number of nitro benzene ring substituents is 1. The van der Waals surface area contributed by atoms with Gasteiger partial charge in [0.15, 0.2) is 5.82 Å². The van der Waals surface area contributed by atoms with Crippen molar-refractivity contribution >= 4 is 11.4 Å². The zero-order chi connectivity index (χ0) is 15.6. The van der Waals surface area contributed by atoms with Gasteiger partial charge in [0.25, 0.3) is 5.69 Å². The number of aromatic amines is 1. The summed E-state index contributed by atoms with van der Waals surface area (Å²) in [7, 11) is 0. The first-order chi connectivity index (χ1) is 9.79. The van der Waals surface area contributed by atoms with Crippen molar-refractivity contribution in [2.45, 2.75) is 19.1 Å². The lowest BCUT2D eigenvalue weighted by Gasteiger charge is -2.17. The van der Waals surface area contributed by atoms with E-state index in [1.165, 1.54) is 6.92 Å². The Balaban J connectivity index is 2.36. The summed E-state index contributed by atoms with van der Waals surface area (Å²) in [4.78, 5) is 9.70. The Bertz CT molecular complexity index is 643. The smallest absolute Gasteiger partial charge is 0.375 e. The molecule has 0 radical (unpaired) electrons. The molecule has 1 atom stereocenters. The van der Waals surface area contributed by atoms with Crippen LogP contribution in [0, 0.1) is 10.1 Å². The Labute approximate surface area is 115 Å². The van der Waals surface area contributed by atoms with Crippen molar-refractivity contribution in [1.29, 1.82) is 0 Å². The van der Waals surface area contributed by atoms with E-state index in [2.05, 4.69) is 25.9 Å². The molecular weight excluding hydrogens is 293 g/mol. The van der Waals surface area contributed by atoms with E-state index >= 15 is 0 Å². The van der Waals surface area contributed by atoms with Crippen molar-refractivity contribution < 1.29 is 18.1 Å². The van der Waals surface area contributed by atoms with Gasteiger partial charge in [0.1, 0.15) is 0 Å². The van der Waals surface area contributed by atoms with E-state index in [9.17, 15) is 23.3 Å². The molecule has 0 bridgehead atoms. The van der Waals surface area contributed by atoms with Crippen molar-refractivity contribution in [2.24, 2.45) is 0 Å². The summed E-state index contributed by atoms with van der Waals surface area (Å²) >= 11 is 0. The number of nitrogens with one attached hydrogen (secondary N) is 2. The predicted molar refractivity (Wildman–Crippen MR) is 64.3 cm³/mol. The molecule has 112 valence electrons. The number of benzene rings is 1. The van der Waals surface area contributed by atoms with Gasteiger partial charge < -0.3 is 5.32 Å². The molecule has 2 N–H and O–H groups in total. The van der Waals surface area contributed by atoms with Gasteiger partial charge in [-0.3, -0.25) is 10.1 Å². The summed E-state index contributed by atoms with van der Waals surface area (Å²) in [6.07, 6.45) is -4.73. The lowest BCUT2D eigenvalue weighted by atomic mass is 10.1. The fourth-order valence-corrected chi connectivity index (χ4v) is 1.66. The number of non-ortho nitro benzene ring substituents is 1. The van der Waals surface area contributed by atoms with Gasteiger partial charge in [-0.15, -0.1) is 10.2 Å². The molecule has 0 amide bonds. The van der Waals surface area contributed by atoms with E-state index in [1.54, 1.807) is 0 Å². The fraction of sp³-hybridized carbons (Fsp3) is 0.300. The minimum Gasteiger partial charge on any atom is -0.375 e. The van der Waals surface area contributed by atoms with Crippen molar-refractivity contribution in [3.63, 3.8) is 0 Å². The van der Waals surface area contributed by atoms with E-state index < -0.39 is 28.4 Å². The maximum absolute atomic E-state index is 13.0. The fourth-order valence-electron chi connectivity index (χ4n) is 1.66. The molecule has 21 heavy (non-hydrogen) atoms. The minimum atomic E-state index is -4.73. The second-order valence-electron chi connectivity index (χ2n) is 4.12. The molecule has 1 unspecified atom stereocenters. The molecule has 2 rings (SSSR count). The highest BCUT2D eigenvalue weighted by atomic mass is 19.4. The number of halogens is 3. The van der Waals surface area contributed by atoms with Crippen LogP contribution < -0.4 is 5.32 Å².